The molecule has 1 rings (SSSR count). The molecule has 0 saturated carbocycles. The summed E-state index contributed by atoms with van der Waals surface area (Å²) >= 11 is 0. The summed E-state index contributed by atoms with van der Waals surface area (Å²) in [5, 5.41) is 0. The molecule has 0 heterocycles. The Morgan fingerprint density at radius 1 is 1.05 bits per heavy atom. The van der Waals surface area contributed by atoms with E-state index in [1.807, 2.05) is 25.1 Å². The Labute approximate surface area is 130 Å². The molecule has 0 aromatic heterocycles. The Kier molecular flexibility index (Phi) is 9.05. The Hall–Kier alpha value is -1.11. The molecule has 0 radical (unpaired) electrons. The third-order valence-electron chi connectivity index (χ3n) is 4.12. The Morgan fingerprint density at radius 3 is 2.38 bits per heavy atom. The number of unbranched alkanes of at least 4 members (excludes halogenated alkanes) is 3. The average Bonchev–Trinajstić information content (AvgIpc) is 2.47. The number of hydrogen-bond acceptors (Lipinski definition) is 0. The Bertz CT molecular complexity index is 420. The maximum atomic E-state index is 14.0. The molecule has 0 N–H and O–H groups in total. The van der Waals surface area contributed by atoms with Crippen LogP contribution in [0.15, 0.2) is 24.3 Å². The Morgan fingerprint density at radius 2 is 1.76 bits per heavy atom. The van der Waals surface area contributed by atoms with Crippen LogP contribution < -0.4 is 0 Å². The maximum absolute atomic E-state index is 14.0. The van der Waals surface area contributed by atoms with Crippen LogP contribution in [0.25, 0.3) is 6.08 Å². The highest BCUT2D eigenvalue weighted by molar-refractivity contribution is 5.50. The number of halogens is 1. The van der Waals surface area contributed by atoms with E-state index in [0.717, 1.165) is 12.0 Å². The predicted octanol–water partition coefficient (Wildman–Crippen LogP) is 6.79. The van der Waals surface area contributed by atoms with Crippen LogP contribution in [0.1, 0.15) is 76.8 Å². The van der Waals surface area contributed by atoms with Gasteiger partial charge in [-0.15, -0.1) is 0 Å². The van der Waals surface area contributed by atoms with Crippen molar-refractivity contribution in [2.45, 2.75) is 72.1 Å². The van der Waals surface area contributed by atoms with E-state index in [-0.39, 0.29) is 5.82 Å². The lowest BCUT2D eigenvalue weighted by Gasteiger charge is -2.17. The zero-order chi connectivity index (χ0) is 15.5. The largest absolute Gasteiger partial charge is 0.206 e. The zero-order valence-corrected chi connectivity index (χ0v) is 14.0. The monoisotopic (exact) mass is 290 g/mol. The smallest absolute Gasteiger partial charge is 0.130 e. The minimum Gasteiger partial charge on any atom is -0.206 e. The quantitative estimate of drug-likeness (QED) is 0.416. The molecule has 0 bridgehead atoms. The molecule has 1 heteroatoms. The van der Waals surface area contributed by atoms with Crippen LogP contribution in [-0.2, 0) is 6.42 Å². The molecule has 1 aromatic carbocycles. The van der Waals surface area contributed by atoms with E-state index in [1.54, 1.807) is 6.07 Å². The molecule has 1 atom stereocenters. The summed E-state index contributed by atoms with van der Waals surface area (Å²) in [4.78, 5) is 0. The summed E-state index contributed by atoms with van der Waals surface area (Å²) in [7, 11) is 0. The van der Waals surface area contributed by atoms with Crippen LogP contribution >= 0.6 is 0 Å². The van der Waals surface area contributed by atoms with Crippen LogP contribution in [0.5, 0.6) is 0 Å². The van der Waals surface area contributed by atoms with Crippen molar-refractivity contribution in [3.8, 4) is 0 Å². The molecule has 0 aliphatic heterocycles. The Balaban J connectivity index is 2.65. The van der Waals surface area contributed by atoms with Gasteiger partial charge >= 0.3 is 0 Å². The van der Waals surface area contributed by atoms with Gasteiger partial charge < -0.3 is 0 Å². The van der Waals surface area contributed by atoms with Crippen LogP contribution in [0.2, 0.25) is 0 Å². The maximum Gasteiger partial charge on any atom is 0.130 e. The van der Waals surface area contributed by atoms with Gasteiger partial charge in [-0.05, 0) is 30.9 Å². The second-order valence-electron chi connectivity index (χ2n) is 6.06. The summed E-state index contributed by atoms with van der Waals surface area (Å²) in [6.07, 6.45) is 13.7. The van der Waals surface area contributed by atoms with Gasteiger partial charge in [-0.1, -0.05) is 83.1 Å². The lowest BCUT2D eigenvalue weighted by molar-refractivity contribution is 0.412. The van der Waals surface area contributed by atoms with Crippen molar-refractivity contribution in [3.05, 3.63) is 41.2 Å². The van der Waals surface area contributed by atoms with Crippen LogP contribution in [-0.4, -0.2) is 0 Å². The molecule has 0 nitrogen and oxygen atoms in total. The molecule has 1 aromatic rings. The average molecular weight is 290 g/mol. The second kappa shape index (κ2) is 10.6. The fourth-order valence-electron chi connectivity index (χ4n) is 2.87. The minimum atomic E-state index is -0.0894. The lowest BCUT2D eigenvalue weighted by atomic mass is 9.89. The van der Waals surface area contributed by atoms with Crippen molar-refractivity contribution in [3.63, 3.8) is 0 Å². The summed E-state index contributed by atoms with van der Waals surface area (Å²) in [6.45, 7) is 6.41. The highest BCUT2D eigenvalue weighted by Gasteiger charge is 2.10. The summed E-state index contributed by atoms with van der Waals surface area (Å²) in [6, 6.07) is 5.73. The van der Waals surface area contributed by atoms with E-state index in [9.17, 15) is 4.39 Å². The number of rotatable bonds is 10. The number of benzene rings is 1. The first kappa shape index (κ1) is 17.9. The summed E-state index contributed by atoms with van der Waals surface area (Å²) in [5.41, 5.74) is 1.84. The molecule has 118 valence electrons. The van der Waals surface area contributed by atoms with Gasteiger partial charge in [0.15, 0.2) is 0 Å². The molecule has 0 fully saturated rings. The van der Waals surface area contributed by atoms with E-state index in [1.165, 1.54) is 44.9 Å². The molecule has 0 aliphatic rings. The topological polar surface area (TPSA) is 0 Å². The third-order valence-corrected chi connectivity index (χ3v) is 4.12. The molecule has 0 spiro atoms. The van der Waals surface area contributed by atoms with Crippen molar-refractivity contribution in [2.75, 3.05) is 0 Å². The van der Waals surface area contributed by atoms with E-state index >= 15 is 0 Å². The standard InChI is InChI=1S/C20H31F/c1-4-7-9-12-17(11-8-5-2)15-18-13-14-19(10-6-3)20(21)16-18/h6,10,13-14,16-17H,4-5,7-9,11-12,15H2,1-3H3/b10-6+. The van der Waals surface area contributed by atoms with Gasteiger partial charge in [0.2, 0.25) is 0 Å². The minimum absolute atomic E-state index is 0.0894. The van der Waals surface area contributed by atoms with Gasteiger partial charge in [0, 0.05) is 5.56 Å². The third kappa shape index (κ3) is 6.93. The first-order valence-electron chi connectivity index (χ1n) is 8.62. The molecule has 1 unspecified atom stereocenters. The molecular weight excluding hydrogens is 259 g/mol. The van der Waals surface area contributed by atoms with Crippen molar-refractivity contribution < 1.29 is 4.39 Å². The number of allylic oxidation sites excluding steroid dienone is 1. The second-order valence-corrected chi connectivity index (χ2v) is 6.06. The molecule has 0 aliphatic carbocycles. The van der Waals surface area contributed by atoms with Crippen molar-refractivity contribution in [1.29, 1.82) is 0 Å². The van der Waals surface area contributed by atoms with Gasteiger partial charge in [-0.2, -0.15) is 0 Å². The number of hydrogen-bond donors (Lipinski definition) is 0. The molecular formula is C20H31F. The van der Waals surface area contributed by atoms with Gasteiger partial charge in [-0.25, -0.2) is 4.39 Å². The van der Waals surface area contributed by atoms with Gasteiger partial charge in [-0.3, -0.25) is 0 Å². The van der Waals surface area contributed by atoms with Crippen molar-refractivity contribution in [1.82, 2.24) is 0 Å². The fourth-order valence-corrected chi connectivity index (χ4v) is 2.87. The molecule has 0 saturated heterocycles. The van der Waals surface area contributed by atoms with Crippen LogP contribution in [0.3, 0.4) is 0 Å². The van der Waals surface area contributed by atoms with Gasteiger partial charge in [0.05, 0.1) is 0 Å². The fraction of sp³-hybridized carbons (Fsp3) is 0.600. The normalized spacial score (nSPS) is 13.0. The highest BCUT2D eigenvalue weighted by atomic mass is 19.1. The summed E-state index contributed by atoms with van der Waals surface area (Å²) in [5.74, 6) is 0.622. The van der Waals surface area contributed by atoms with Gasteiger partial charge in [0.1, 0.15) is 5.82 Å². The van der Waals surface area contributed by atoms with E-state index in [4.69, 9.17) is 0 Å². The molecule has 0 amide bonds. The van der Waals surface area contributed by atoms with E-state index in [0.29, 0.717) is 11.5 Å². The van der Waals surface area contributed by atoms with Crippen molar-refractivity contribution >= 4 is 6.08 Å². The molecule has 21 heavy (non-hydrogen) atoms. The van der Waals surface area contributed by atoms with Gasteiger partial charge in [0.25, 0.3) is 0 Å². The first-order valence-corrected chi connectivity index (χ1v) is 8.62. The SMILES string of the molecule is C/C=C/c1ccc(CC(CCCC)CCCCC)cc1F. The van der Waals surface area contributed by atoms with Crippen molar-refractivity contribution in [2.24, 2.45) is 5.92 Å². The first-order chi connectivity index (χ1) is 10.2. The zero-order valence-electron chi connectivity index (χ0n) is 14.0. The van der Waals surface area contributed by atoms with Crippen LogP contribution in [0.4, 0.5) is 4.39 Å². The lowest BCUT2D eigenvalue weighted by Crippen LogP contribution is -2.05. The van der Waals surface area contributed by atoms with E-state index < -0.39 is 0 Å². The van der Waals surface area contributed by atoms with E-state index in [2.05, 4.69) is 19.9 Å². The highest BCUT2D eigenvalue weighted by Crippen LogP contribution is 2.23. The van der Waals surface area contributed by atoms with Crippen LogP contribution in [0, 0.1) is 11.7 Å². The predicted molar refractivity (Wildman–Crippen MR) is 92.0 cm³/mol. The summed E-state index contributed by atoms with van der Waals surface area (Å²) < 4.78 is 14.0.